The molecule has 0 fully saturated rings. The molecule has 2 amide bonds. The van der Waals surface area contributed by atoms with Crippen LogP contribution in [0.1, 0.15) is 12.0 Å². The lowest BCUT2D eigenvalue weighted by atomic mass is 10.1. The summed E-state index contributed by atoms with van der Waals surface area (Å²) in [4.78, 5) is 22.4. The first-order chi connectivity index (χ1) is 8.15. The normalized spacial score (nSPS) is 9.76. The zero-order chi connectivity index (χ0) is 12.7. The maximum atomic E-state index is 11.3. The van der Waals surface area contributed by atoms with Crippen LogP contribution in [0.3, 0.4) is 0 Å². The molecule has 0 aliphatic rings. The Morgan fingerprint density at radius 1 is 1.18 bits per heavy atom. The molecule has 17 heavy (non-hydrogen) atoms. The summed E-state index contributed by atoms with van der Waals surface area (Å²) < 4.78 is 0. The molecule has 0 unspecified atom stereocenters. The summed E-state index contributed by atoms with van der Waals surface area (Å²) >= 11 is 0. The Morgan fingerprint density at radius 3 is 2.35 bits per heavy atom. The van der Waals surface area contributed by atoms with Crippen LogP contribution >= 0.6 is 0 Å². The Hall–Kier alpha value is -1.88. The average Bonchev–Trinajstić information content (AvgIpc) is 2.32. The van der Waals surface area contributed by atoms with Gasteiger partial charge in [0.25, 0.3) is 0 Å². The summed E-state index contributed by atoms with van der Waals surface area (Å²) in [5, 5.41) is 5.27. The van der Waals surface area contributed by atoms with Crippen molar-refractivity contribution in [1.29, 1.82) is 0 Å². The van der Waals surface area contributed by atoms with Gasteiger partial charge in [-0.3, -0.25) is 9.59 Å². The van der Waals surface area contributed by atoms with Crippen LogP contribution in [0.4, 0.5) is 5.69 Å². The SMILES string of the molecule is CNC(=O)Cc1ccc(NC(=O)CCN)cc1. The predicted octanol–water partition coefficient (Wildman–Crippen LogP) is 0.262. The fourth-order valence-corrected chi connectivity index (χ4v) is 1.33. The summed E-state index contributed by atoms with van der Waals surface area (Å²) in [6, 6.07) is 7.17. The van der Waals surface area contributed by atoms with E-state index in [1.54, 1.807) is 19.2 Å². The van der Waals surface area contributed by atoms with E-state index in [4.69, 9.17) is 5.73 Å². The zero-order valence-corrected chi connectivity index (χ0v) is 9.82. The van der Waals surface area contributed by atoms with Crippen molar-refractivity contribution in [2.45, 2.75) is 12.8 Å². The minimum atomic E-state index is -0.105. The number of benzene rings is 1. The van der Waals surface area contributed by atoms with Crippen LogP contribution in [0.25, 0.3) is 0 Å². The summed E-state index contributed by atoms with van der Waals surface area (Å²) in [6.45, 7) is 0.334. The number of anilines is 1. The van der Waals surface area contributed by atoms with Gasteiger partial charge in [-0.2, -0.15) is 0 Å². The maximum Gasteiger partial charge on any atom is 0.225 e. The van der Waals surface area contributed by atoms with Gasteiger partial charge >= 0.3 is 0 Å². The number of hydrogen-bond acceptors (Lipinski definition) is 3. The first kappa shape index (κ1) is 13.2. The average molecular weight is 235 g/mol. The van der Waals surface area contributed by atoms with Gasteiger partial charge in [-0.1, -0.05) is 12.1 Å². The van der Waals surface area contributed by atoms with E-state index < -0.39 is 0 Å². The molecule has 0 atom stereocenters. The Labute approximate surface area is 100 Å². The summed E-state index contributed by atoms with van der Waals surface area (Å²) in [6.07, 6.45) is 0.646. The standard InChI is InChI=1S/C12H17N3O2/c1-14-12(17)8-9-2-4-10(5-3-9)15-11(16)6-7-13/h2-5H,6-8,13H2,1H3,(H,14,17)(H,15,16). The quantitative estimate of drug-likeness (QED) is 0.684. The molecule has 0 saturated carbocycles. The highest BCUT2D eigenvalue weighted by atomic mass is 16.2. The molecule has 0 heterocycles. The Kier molecular flexibility index (Phi) is 5.16. The Balaban J connectivity index is 2.55. The number of carbonyl (C=O) groups excluding carboxylic acids is 2. The Morgan fingerprint density at radius 2 is 1.82 bits per heavy atom. The monoisotopic (exact) mass is 235 g/mol. The van der Waals surface area contributed by atoms with E-state index in [1.165, 1.54) is 0 Å². The first-order valence-electron chi connectivity index (χ1n) is 5.45. The molecule has 5 nitrogen and oxygen atoms in total. The smallest absolute Gasteiger partial charge is 0.225 e. The van der Waals surface area contributed by atoms with Crippen molar-refractivity contribution in [3.63, 3.8) is 0 Å². The van der Waals surface area contributed by atoms with E-state index in [0.717, 1.165) is 5.56 Å². The van der Waals surface area contributed by atoms with Gasteiger partial charge in [0.1, 0.15) is 0 Å². The number of hydrogen-bond donors (Lipinski definition) is 3. The van der Waals surface area contributed by atoms with Crippen molar-refractivity contribution in [2.24, 2.45) is 5.73 Å². The largest absolute Gasteiger partial charge is 0.359 e. The van der Waals surface area contributed by atoms with Crippen molar-refractivity contribution in [3.05, 3.63) is 29.8 Å². The lowest BCUT2D eigenvalue weighted by molar-refractivity contribution is -0.120. The van der Waals surface area contributed by atoms with Crippen LogP contribution in [0.5, 0.6) is 0 Å². The molecule has 0 bridgehead atoms. The zero-order valence-electron chi connectivity index (χ0n) is 9.82. The predicted molar refractivity (Wildman–Crippen MR) is 66.5 cm³/mol. The van der Waals surface area contributed by atoms with E-state index in [1.807, 2.05) is 12.1 Å². The van der Waals surface area contributed by atoms with Gasteiger partial charge in [0.05, 0.1) is 6.42 Å². The van der Waals surface area contributed by atoms with E-state index >= 15 is 0 Å². The molecule has 92 valence electrons. The molecule has 5 heteroatoms. The van der Waals surface area contributed by atoms with Crippen molar-refractivity contribution in [2.75, 3.05) is 18.9 Å². The molecule has 0 saturated heterocycles. The summed E-state index contributed by atoms with van der Waals surface area (Å²) in [5.74, 6) is -0.142. The van der Waals surface area contributed by atoms with Crippen molar-refractivity contribution in [3.8, 4) is 0 Å². The molecule has 1 aromatic rings. The third kappa shape index (κ3) is 4.65. The molecule has 4 N–H and O–H groups in total. The molecular formula is C12H17N3O2. The first-order valence-corrected chi connectivity index (χ1v) is 5.45. The molecule has 0 aliphatic carbocycles. The summed E-state index contributed by atoms with van der Waals surface area (Å²) in [7, 11) is 1.60. The van der Waals surface area contributed by atoms with Crippen LogP contribution in [0, 0.1) is 0 Å². The van der Waals surface area contributed by atoms with Gasteiger partial charge in [-0.15, -0.1) is 0 Å². The number of rotatable bonds is 5. The minimum Gasteiger partial charge on any atom is -0.359 e. The van der Waals surface area contributed by atoms with E-state index in [9.17, 15) is 9.59 Å². The fourth-order valence-electron chi connectivity index (χ4n) is 1.33. The Bertz CT molecular complexity index is 387. The third-order valence-electron chi connectivity index (χ3n) is 2.25. The number of carbonyl (C=O) groups is 2. The molecule has 0 radical (unpaired) electrons. The molecule has 0 spiro atoms. The highest BCUT2D eigenvalue weighted by Gasteiger charge is 2.03. The molecule has 1 aromatic carbocycles. The van der Waals surface area contributed by atoms with Crippen LogP contribution in [-0.4, -0.2) is 25.4 Å². The number of nitrogens with two attached hydrogens (primary N) is 1. The van der Waals surface area contributed by atoms with Crippen molar-refractivity contribution in [1.82, 2.24) is 5.32 Å². The van der Waals surface area contributed by atoms with Gasteiger partial charge in [-0.25, -0.2) is 0 Å². The molecule has 1 rings (SSSR count). The summed E-state index contributed by atoms with van der Waals surface area (Å²) in [5.41, 5.74) is 6.89. The van der Waals surface area contributed by atoms with Gasteiger partial charge in [0, 0.05) is 25.7 Å². The third-order valence-corrected chi connectivity index (χ3v) is 2.25. The van der Waals surface area contributed by atoms with Gasteiger partial charge in [0.2, 0.25) is 11.8 Å². The van der Waals surface area contributed by atoms with Crippen LogP contribution < -0.4 is 16.4 Å². The second-order valence-electron chi connectivity index (χ2n) is 3.63. The second kappa shape index (κ2) is 6.65. The number of amides is 2. The minimum absolute atomic E-state index is 0.0371. The highest BCUT2D eigenvalue weighted by molar-refractivity contribution is 5.90. The van der Waals surface area contributed by atoms with E-state index in [-0.39, 0.29) is 11.8 Å². The fraction of sp³-hybridized carbons (Fsp3) is 0.333. The van der Waals surface area contributed by atoms with Crippen molar-refractivity contribution < 1.29 is 9.59 Å². The van der Waals surface area contributed by atoms with Crippen LogP contribution in [-0.2, 0) is 16.0 Å². The van der Waals surface area contributed by atoms with Gasteiger partial charge < -0.3 is 16.4 Å². The lowest BCUT2D eigenvalue weighted by Gasteiger charge is -2.05. The number of nitrogens with one attached hydrogen (secondary N) is 2. The molecule has 0 aromatic heterocycles. The van der Waals surface area contributed by atoms with E-state index in [0.29, 0.717) is 25.1 Å². The molecular weight excluding hydrogens is 218 g/mol. The van der Waals surface area contributed by atoms with Gasteiger partial charge in [-0.05, 0) is 17.7 Å². The highest BCUT2D eigenvalue weighted by Crippen LogP contribution is 2.10. The topological polar surface area (TPSA) is 84.2 Å². The van der Waals surface area contributed by atoms with Crippen molar-refractivity contribution >= 4 is 17.5 Å². The van der Waals surface area contributed by atoms with Crippen LogP contribution in [0.2, 0.25) is 0 Å². The van der Waals surface area contributed by atoms with Gasteiger partial charge in [0.15, 0.2) is 0 Å². The second-order valence-corrected chi connectivity index (χ2v) is 3.63. The van der Waals surface area contributed by atoms with Crippen LogP contribution in [0.15, 0.2) is 24.3 Å². The maximum absolute atomic E-state index is 11.3. The van der Waals surface area contributed by atoms with E-state index in [2.05, 4.69) is 10.6 Å². The lowest BCUT2D eigenvalue weighted by Crippen LogP contribution is -2.20. The molecule has 0 aliphatic heterocycles. The number of likely N-dealkylation sites (N-methyl/N-ethyl adjacent to an activating group) is 1.